The van der Waals surface area contributed by atoms with Gasteiger partial charge < -0.3 is 9.47 Å². The van der Waals surface area contributed by atoms with E-state index in [1.165, 1.54) is 28.5 Å². The summed E-state index contributed by atoms with van der Waals surface area (Å²) in [5.74, 6) is 0.257. The predicted molar refractivity (Wildman–Crippen MR) is 116 cm³/mol. The van der Waals surface area contributed by atoms with Crippen LogP contribution in [0.1, 0.15) is 0 Å². The molecule has 4 aromatic rings. The molecule has 4 rings (SSSR count). The van der Waals surface area contributed by atoms with Gasteiger partial charge in [0.05, 0.1) is 12.8 Å². The number of hydrogen-bond donors (Lipinski definition) is 0. The lowest BCUT2D eigenvalue weighted by molar-refractivity contribution is -0.274. The van der Waals surface area contributed by atoms with Crippen LogP contribution in [-0.4, -0.2) is 34.3 Å². The SMILES string of the molecule is COc1ccc(-c2cc3cnc(SC)nc3n(-c3ccc(OC(F)(F)F)cc3)c2=O)cc1. The minimum Gasteiger partial charge on any atom is -0.497 e. The van der Waals surface area contributed by atoms with E-state index in [0.717, 1.165) is 12.1 Å². The molecular weight excluding hydrogens is 443 g/mol. The van der Waals surface area contributed by atoms with E-state index in [9.17, 15) is 18.0 Å². The molecule has 0 bridgehead atoms. The molecule has 2 aromatic carbocycles. The highest BCUT2D eigenvalue weighted by Crippen LogP contribution is 2.27. The zero-order valence-corrected chi connectivity index (χ0v) is 17.7. The summed E-state index contributed by atoms with van der Waals surface area (Å²) in [5, 5.41) is 1.06. The van der Waals surface area contributed by atoms with Crippen LogP contribution in [0.3, 0.4) is 0 Å². The molecule has 2 heterocycles. The maximum Gasteiger partial charge on any atom is 0.573 e. The molecular formula is C22H16F3N3O3S. The third-order valence-electron chi connectivity index (χ3n) is 4.63. The summed E-state index contributed by atoms with van der Waals surface area (Å²) >= 11 is 1.31. The Kier molecular flexibility index (Phi) is 5.79. The first-order chi connectivity index (χ1) is 15.3. The molecule has 6 nitrogen and oxygen atoms in total. The van der Waals surface area contributed by atoms with Gasteiger partial charge >= 0.3 is 6.36 Å². The molecule has 0 spiro atoms. The second kappa shape index (κ2) is 8.54. The standard InChI is InChI=1S/C22H16F3N3O3S/c1-30-16-7-3-13(4-8-16)18-11-14-12-26-21(32-2)27-19(14)28(20(18)29)15-5-9-17(10-6-15)31-22(23,24)25/h3-12H,1-2H3. The van der Waals surface area contributed by atoms with E-state index in [4.69, 9.17) is 4.74 Å². The Bertz CT molecular complexity index is 1320. The van der Waals surface area contributed by atoms with Gasteiger partial charge in [-0.2, -0.15) is 0 Å². The number of ether oxygens (including phenoxy) is 2. The summed E-state index contributed by atoms with van der Waals surface area (Å²) in [5.41, 5.74) is 1.35. The van der Waals surface area contributed by atoms with Crippen molar-refractivity contribution in [2.75, 3.05) is 13.4 Å². The first-order valence-corrected chi connectivity index (χ1v) is 10.5. The largest absolute Gasteiger partial charge is 0.573 e. The molecule has 32 heavy (non-hydrogen) atoms. The molecule has 0 saturated carbocycles. The lowest BCUT2D eigenvalue weighted by Crippen LogP contribution is -2.22. The van der Waals surface area contributed by atoms with Crippen molar-refractivity contribution in [2.45, 2.75) is 11.5 Å². The van der Waals surface area contributed by atoms with Crippen molar-refractivity contribution in [3.05, 3.63) is 71.1 Å². The Morgan fingerprint density at radius 3 is 2.25 bits per heavy atom. The fourth-order valence-electron chi connectivity index (χ4n) is 3.19. The lowest BCUT2D eigenvalue weighted by Gasteiger charge is -2.14. The number of benzene rings is 2. The fourth-order valence-corrected chi connectivity index (χ4v) is 3.53. The number of fused-ring (bicyclic) bond motifs is 1. The van der Waals surface area contributed by atoms with Gasteiger partial charge in [0.25, 0.3) is 5.56 Å². The molecule has 0 aliphatic rings. The smallest absolute Gasteiger partial charge is 0.497 e. The number of aromatic nitrogens is 3. The minimum atomic E-state index is -4.81. The van der Waals surface area contributed by atoms with Crippen LogP contribution < -0.4 is 15.0 Å². The maximum atomic E-state index is 13.5. The number of alkyl halides is 3. The molecule has 164 valence electrons. The fraction of sp³-hybridized carbons (Fsp3) is 0.136. The molecule has 0 atom stereocenters. The molecule has 0 aliphatic carbocycles. The Hall–Kier alpha value is -3.53. The highest BCUT2D eigenvalue weighted by molar-refractivity contribution is 7.98. The van der Waals surface area contributed by atoms with E-state index in [-0.39, 0.29) is 11.3 Å². The number of halogens is 3. The van der Waals surface area contributed by atoms with Crippen LogP contribution >= 0.6 is 11.8 Å². The number of hydrogen-bond acceptors (Lipinski definition) is 6. The number of methoxy groups -OCH3 is 1. The van der Waals surface area contributed by atoms with Gasteiger partial charge in [-0.05, 0) is 54.3 Å². The first kappa shape index (κ1) is 21.7. The minimum absolute atomic E-state index is 0.343. The highest BCUT2D eigenvalue weighted by Gasteiger charge is 2.31. The molecule has 2 aromatic heterocycles. The highest BCUT2D eigenvalue weighted by atomic mass is 32.2. The Morgan fingerprint density at radius 2 is 1.66 bits per heavy atom. The third kappa shape index (κ3) is 4.40. The van der Waals surface area contributed by atoms with Crippen molar-refractivity contribution in [2.24, 2.45) is 0 Å². The van der Waals surface area contributed by atoms with Crippen LogP contribution in [0.2, 0.25) is 0 Å². The van der Waals surface area contributed by atoms with Crippen molar-refractivity contribution < 1.29 is 22.6 Å². The van der Waals surface area contributed by atoms with Gasteiger partial charge in [-0.15, -0.1) is 13.2 Å². The quantitative estimate of drug-likeness (QED) is 0.306. The molecule has 0 N–H and O–H groups in total. The van der Waals surface area contributed by atoms with Crippen LogP contribution in [0.4, 0.5) is 13.2 Å². The van der Waals surface area contributed by atoms with Crippen molar-refractivity contribution in [3.8, 4) is 28.3 Å². The van der Waals surface area contributed by atoms with Gasteiger partial charge in [-0.25, -0.2) is 9.97 Å². The average molecular weight is 459 g/mol. The van der Waals surface area contributed by atoms with Gasteiger partial charge in [0.15, 0.2) is 10.8 Å². The monoisotopic (exact) mass is 459 g/mol. The summed E-state index contributed by atoms with van der Waals surface area (Å²) < 4.78 is 48.0. The van der Waals surface area contributed by atoms with Crippen molar-refractivity contribution in [1.29, 1.82) is 0 Å². The lowest BCUT2D eigenvalue weighted by atomic mass is 10.1. The topological polar surface area (TPSA) is 66.2 Å². The van der Waals surface area contributed by atoms with Gasteiger partial charge in [0.2, 0.25) is 0 Å². The zero-order chi connectivity index (χ0) is 22.9. The van der Waals surface area contributed by atoms with Crippen molar-refractivity contribution in [1.82, 2.24) is 14.5 Å². The van der Waals surface area contributed by atoms with Gasteiger partial charge in [0.1, 0.15) is 11.5 Å². The summed E-state index contributed by atoms with van der Waals surface area (Å²) in [6.07, 6.45) is -1.39. The van der Waals surface area contributed by atoms with Crippen LogP contribution in [0.15, 0.2) is 70.7 Å². The molecule has 0 unspecified atom stereocenters. The zero-order valence-electron chi connectivity index (χ0n) is 16.9. The maximum absolute atomic E-state index is 13.5. The average Bonchev–Trinajstić information content (AvgIpc) is 2.78. The second-order valence-electron chi connectivity index (χ2n) is 6.60. The van der Waals surface area contributed by atoms with E-state index >= 15 is 0 Å². The number of pyridine rings is 1. The third-order valence-corrected chi connectivity index (χ3v) is 5.19. The van der Waals surface area contributed by atoms with E-state index in [2.05, 4.69) is 14.7 Å². The van der Waals surface area contributed by atoms with Crippen molar-refractivity contribution in [3.63, 3.8) is 0 Å². The Morgan fingerprint density at radius 1 is 1.00 bits per heavy atom. The number of nitrogens with zero attached hydrogens (tertiary/aromatic N) is 3. The first-order valence-electron chi connectivity index (χ1n) is 9.26. The summed E-state index contributed by atoms with van der Waals surface area (Å²) in [7, 11) is 1.55. The Balaban J connectivity index is 1.92. The van der Waals surface area contributed by atoms with Gasteiger partial charge in [-0.1, -0.05) is 23.9 Å². The number of rotatable bonds is 5. The van der Waals surface area contributed by atoms with Crippen LogP contribution in [0.25, 0.3) is 27.8 Å². The van der Waals surface area contributed by atoms with Crippen LogP contribution in [0.5, 0.6) is 11.5 Å². The van der Waals surface area contributed by atoms with E-state index < -0.39 is 6.36 Å². The molecule has 10 heteroatoms. The van der Waals surface area contributed by atoms with E-state index in [1.54, 1.807) is 49.9 Å². The molecule has 0 amide bonds. The predicted octanol–water partition coefficient (Wildman–Crippen LogP) is 5.08. The van der Waals surface area contributed by atoms with Crippen LogP contribution in [-0.2, 0) is 0 Å². The van der Waals surface area contributed by atoms with Crippen molar-refractivity contribution >= 4 is 22.8 Å². The van der Waals surface area contributed by atoms with Gasteiger partial charge in [-0.3, -0.25) is 9.36 Å². The molecule has 0 aliphatic heterocycles. The second-order valence-corrected chi connectivity index (χ2v) is 7.38. The van der Waals surface area contributed by atoms with Crippen LogP contribution in [0, 0.1) is 0 Å². The molecule has 0 saturated heterocycles. The normalized spacial score (nSPS) is 11.5. The summed E-state index contributed by atoms with van der Waals surface area (Å²) in [6, 6.07) is 13.7. The molecule has 0 fully saturated rings. The van der Waals surface area contributed by atoms with Gasteiger partial charge in [0, 0.05) is 17.1 Å². The summed E-state index contributed by atoms with van der Waals surface area (Å²) in [6.45, 7) is 0. The number of thioether (sulfide) groups is 1. The summed E-state index contributed by atoms with van der Waals surface area (Å²) in [4.78, 5) is 22.2. The van der Waals surface area contributed by atoms with E-state index in [0.29, 0.717) is 38.8 Å². The Labute approximate surface area is 184 Å². The molecule has 0 radical (unpaired) electrons. The van der Waals surface area contributed by atoms with E-state index in [1.807, 2.05) is 0 Å².